The Kier molecular flexibility index (Phi) is 5.27. The summed E-state index contributed by atoms with van der Waals surface area (Å²) in [7, 11) is -3.28. The van der Waals surface area contributed by atoms with Gasteiger partial charge < -0.3 is 4.90 Å². The monoisotopic (exact) mass is 316 g/mol. The third kappa shape index (κ3) is 3.64. The Morgan fingerprint density at radius 3 is 2.65 bits per heavy atom. The normalized spacial score (nSPS) is 17.1. The van der Waals surface area contributed by atoms with E-state index in [4.69, 9.17) is 11.6 Å². The van der Waals surface area contributed by atoms with Gasteiger partial charge in [-0.2, -0.15) is 0 Å². The van der Waals surface area contributed by atoms with E-state index in [9.17, 15) is 8.42 Å². The van der Waals surface area contributed by atoms with E-state index >= 15 is 0 Å². The Bertz CT molecular complexity index is 542. The fourth-order valence-electron chi connectivity index (χ4n) is 2.83. The van der Waals surface area contributed by atoms with E-state index in [0.29, 0.717) is 29.2 Å². The summed E-state index contributed by atoms with van der Waals surface area (Å²) in [5.41, 5.74) is 0. The van der Waals surface area contributed by atoms with Gasteiger partial charge in [0.1, 0.15) is 10.7 Å². The number of halogens is 1. The highest BCUT2D eigenvalue weighted by Gasteiger charge is 2.26. The molecule has 0 saturated heterocycles. The molecule has 0 bridgehead atoms. The fourth-order valence-corrected chi connectivity index (χ4v) is 3.84. The molecule has 0 amide bonds. The van der Waals surface area contributed by atoms with E-state index in [2.05, 4.69) is 9.88 Å². The van der Waals surface area contributed by atoms with Gasteiger partial charge in [0.05, 0.1) is 0 Å². The van der Waals surface area contributed by atoms with Gasteiger partial charge in [0.25, 0.3) is 0 Å². The topological polar surface area (TPSA) is 50.3 Å². The summed E-state index contributed by atoms with van der Waals surface area (Å²) >= 11 is 5.91. The number of pyridine rings is 1. The summed E-state index contributed by atoms with van der Waals surface area (Å²) in [4.78, 5) is 6.71. The Hall–Kier alpha value is -0.810. The van der Waals surface area contributed by atoms with Crippen LogP contribution in [0.3, 0.4) is 0 Å². The quantitative estimate of drug-likeness (QED) is 0.784. The maximum atomic E-state index is 11.9. The number of sulfone groups is 1. The smallest absolute Gasteiger partial charge is 0.179 e. The predicted molar refractivity (Wildman–Crippen MR) is 82.3 cm³/mol. The zero-order valence-electron chi connectivity index (χ0n) is 11.8. The zero-order chi connectivity index (χ0) is 14.6. The Morgan fingerprint density at radius 2 is 2.05 bits per heavy atom. The average Bonchev–Trinajstić information content (AvgIpc) is 2.45. The highest BCUT2D eigenvalue weighted by atomic mass is 35.5. The maximum absolute atomic E-state index is 11.9. The molecule has 1 aromatic rings. The van der Waals surface area contributed by atoms with E-state index in [1.54, 1.807) is 18.3 Å². The summed E-state index contributed by atoms with van der Waals surface area (Å²) in [6.07, 6.45) is 8.66. The summed E-state index contributed by atoms with van der Waals surface area (Å²) in [6, 6.07) is 3.64. The van der Waals surface area contributed by atoms with E-state index in [1.807, 2.05) is 0 Å². The second-order valence-corrected chi connectivity index (χ2v) is 7.63. The van der Waals surface area contributed by atoms with Crippen LogP contribution in [0.5, 0.6) is 0 Å². The van der Waals surface area contributed by atoms with E-state index < -0.39 is 9.84 Å². The molecule has 0 spiro atoms. The van der Waals surface area contributed by atoms with E-state index in [-0.39, 0.29) is 0 Å². The lowest BCUT2D eigenvalue weighted by Gasteiger charge is -2.35. The van der Waals surface area contributed by atoms with Gasteiger partial charge in [-0.25, -0.2) is 13.4 Å². The van der Waals surface area contributed by atoms with E-state index in [1.165, 1.54) is 25.5 Å². The van der Waals surface area contributed by atoms with Crippen LogP contribution in [0.4, 0.5) is 5.82 Å². The molecule has 0 unspecified atom stereocenters. The number of alkyl halides is 1. The number of anilines is 1. The molecule has 0 atom stereocenters. The van der Waals surface area contributed by atoms with Gasteiger partial charge in [-0.15, -0.1) is 11.6 Å². The van der Waals surface area contributed by atoms with Gasteiger partial charge in [0, 0.05) is 30.9 Å². The van der Waals surface area contributed by atoms with Crippen LogP contribution in [-0.4, -0.2) is 38.1 Å². The fraction of sp³-hybridized carbons (Fsp3) is 0.643. The number of hydrogen-bond acceptors (Lipinski definition) is 4. The molecular formula is C14H21ClN2O2S. The third-order valence-corrected chi connectivity index (χ3v) is 5.05. The summed E-state index contributed by atoms with van der Waals surface area (Å²) < 4.78 is 23.9. The van der Waals surface area contributed by atoms with Crippen molar-refractivity contribution in [2.45, 2.75) is 43.0 Å². The molecule has 4 nitrogen and oxygen atoms in total. The molecule has 1 aliphatic carbocycles. The minimum absolute atomic E-state index is 0.302. The molecule has 1 aliphatic rings. The lowest BCUT2D eigenvalue weighted by molar-refractivity contribution is 0.415. The first kappa shape index (κ1) is 15.6. The molecule has 0 aliphatic heterocycles. The van der Waals surface area contributed by atoms with Crippen molar-refractivity contribution >= 4 is 27.3 Å². The van der Waals surface area contributed by atoms with Crippen LogP contribution in [0.25, 0.3) is 0 Å². The van der Waals surface area contributed by atoms with Crippen molar-refractivity contribution in [3.63, 3.8) is 0 Å². The van der Waals surface area contributed by atoms with Crippen LogP contribution in [0.15, 0.2) is 23.2 Å². The van der Waals surface area contributed by atoms with Crippen molar-refractivity contribution < 1.29 is 8.42 Å². The molecule has 1 fully saturated rings. The summed E-state index contributed by atoms with van der Waals surface area (Å²) in [5, 5.41) is 0. The predicted octanol–water partition coefficient (Wildman–Crippen LogP) is 2.86. The second kappa shape index (κ2) is 6.76. The molecule has 1 aromatic heterocycles. The number of aromatic nitrogens is 1. The van der Waals surface area contributed by atoms with Crippen LogP contribution < -0.4 is 4.90 Å². The second-order valence-electron chi connectivity index (χ2n) is 5.27. The molecule has 0 N–H and O–H groups in total. The Labute approximate surface area is 126 Å². The van der Waals surface area contributed by atoms with Gasteiger partial charge >= 0.3 is 0 Å². The number of nitrogens with zero attached hydrogens (tertiary/aromatic N) is 2. The van der Waals surface area contributed by atoms with Crippen LogP contribution in [0, 0.1) is 0 Å². The number of hydrogen-bond donors (Lipinski definition) is 0. The first-order chi connectivity index (χ1) is 9.54. The van der Waals surface area contributed by atoms with Crippen LogP contribution in [0.2, 0.25) is 0 Å². The molecular weight excluding hydrogens is 296 g/mol. The molecule has 6 heteroatoms. The largest absolute Gasteiger partial charge is 0.351 e. The minimum Gasteiger partial charge on any atom is -0.351 e. The average molecular weight is 317 g/mol. The lowest BCUT2D eigenvalue weighted by Crippen LogP contribution is -2.39. The molecule has 20 heavy (non-hydrogen) atoms. The van der Waals surface area contributed by atoms with Gasteiger partial charge in [-0.05, 0) is 25.0 Å². The Balaban J connectivity index is 2.38. The molecule has 112 valence electrons. The highest BCUT2D eigenvalue weighted by molar-refractivity contribution is 7.90. The Morgan fingerprint density at radius 1 is 1.35 bits per heavy atom. The first-order valence-electron chi connectivity index (χ1n) is 7.01. The van der Waals surface area contributed by atoms with Gasteiger partial charge in [-0.3, -0.25) is 0 Å². The van der Waals surface area contributed by atoms with Gasteiger partial charge in [-0.1, -0.05) is 19.3 Å². The van der Waals surface area contributed by atoms with E-state index in [0.717, 1.165) is 12.8 Å². The molecule has 2 rings (SSSR count). The van der Waals surface area contributed by atoms with Crippen molar-refractivity contribution in [3.05, 3.63) is 18.3 Å². The maximum Gasteiger partial charge on any atom is 0.179 e. The van der Waals surface area contributed by atoms with Crippen molar-refractivity contribution in [1.29, 1.82) is 0 Å². The lowest BCUT2D eigenvalue weighted by atomic mass is 9.94. The van der Waals surface area contributed by atoms with Gasteiger partial charge in [0.15, 0.2) is 9.84 Å². The summed E-state index contributed by atoms with van der Waals surface area (Å²) in [6.45, 7) is 0.631. The minimum atomic E-state index is -3.28. The number of rotatable bonds is 5. The van der Waals surface area contributed by atoms with Crippen LogP contribution in [0.1, 0.15) is 32.1 Å². The van der Waals surface area contributed by atoms with Crippen LogP contribution >= 0.6 is 11.6 Å². The zero-order valence-corrected chi connectivity index (χ0v) is 13.3. The van der Waals surface area contributed by atoms with Gasteiger partial charge in [0.2, 0.25) is 0 Å². The first-order valence-corrected chi connectivity index (χ1v) is 9.44. The van der Waals surface area contributed by atoms with Crippen molar-refractivity contribution in [2.24, 2.45) is 0 Å². The molecule has 0 aromatic carbocycles. The van der Waals surface area contributed by atoms with Crippen LogP contribution in [-0.2, 0) is 9.84 Å². The third-order valence-electron chi connectivity index (χ3n) is 3.76. The molecule has 1 heterocycles. The SMILES string of the molecule is CS(=O)(=O)c1cccnc1N(CCCl)C1CCCCC1. The summed E-state index contributed by atoms with van der Waals surface area (Å²) in [5.74, 6) is 1.03. The molecule has 1 saturated carbocycles. The standard InChI is InChI=1S/C14H21ClN2O2S/c1-20(18,19)13-8-5-10-16-14(13)17(11-9-15)12-6-3-2-4-7-12/h5,8,10,12H,2-4,6-7,9,11H2,1H3. The molecule has 0 radical (unpaired) electrons. The van der Waals surface area contributed by atoms with Crippen molar-refractivity contribution in [3.8, 4) is 0 Å². The van der Waals surface area contributed by atoms with Crippen molar-refractivity contribution in [1.82, 2.24) is 4.98 Å². The van der Waals surface area contributed by atoms with Crippen molar-refractivity contribution in [2.75, 3.05) is 23.6 Å². The highest BCUT2D eigenvalue weighted by Crippen LogP contribution is 2.30.